The van der Waals surface area contributed by atoms with Gasteiger partial charge >= 0.3 is 5.97 Å². The number of fused-ring (bicyclic) bond motifs is 1. The van der Waals surface area contributed by atoms with Crippen molar-refractivity contribution in [3.8, 4) is 0 Å². The third kappa shape index (κ3) is 2.32. The SMILES string of the molecule is O=C(O)c1occ2cc(Cc3cccnc3)cc(Br)c12. The number of nitrogens with zero attached hydrogens (tertiary/aromatic N) is 1. The van der Waals surface area contributed by atoms with Gasteiger partial charge in [-0.05, 0) is 51.7 Å². The summed E-state index contributed by atoms with van der Waals surface area (Å²) >= 11 is 3.42. The minimum absolute atomic E-state index is 0.0418. The number of furan rings is 1. The molecule has 0 saturated carbocycles. The lowest BCUT2D eigenvalue weighted by Crippen LogP contribution is -1.95. The molecular weight excluding hydrogens is 322 g/mol. The zero-order valence-corrected chi connectivity index (χ0v) is 11.9. The maximum Gasteiger partial charge on any atom is 0.372 e. The zero-order valence-electron chi connectivity index (χ0n) is 10.3. The van der Waals surface area contributed by atoms with E-state index in [0.717, 1.165) is 27.4 Å². The summed E-state index contributed by atoms with van der Waals surface area (Å²) in [5, 5.41) is 10.4. The number of aromatic nitrogens is 1. The van der Waals surface area contributed by atoms with Crippen LogP contribution in [0.25, 0.3) is 10.8 Å². The lowest BCUT2D eigenvalue weighted by Gasteiger charge is -2.04. The van der Waals surface area contributed by atoms with Crippen LogP contribution in [0, 0.1) is 0 Å². The lowest BCUT2D eigenvalue weighted by atomic mass is 10.0. The molecule has 3 aromatic rings. The van der Waals surface area contributed by atoms with Gasteiger partial charge in [0, 0.05) is 27.6 Å². The number of carboxylic acids is 1. The Hall–Kier alpha value is -2.14. The summed E-state index contributed by atoms with van der Waals surface area (Å²) in [7, 11) is 0. The number of rotatable bonds is 3. The molecule has 0 fully saturated rings. The number of carbonyl (C=O) groups is 1. The highest BCUT2D eigenvalue weighted by molar-refractivity contribution is 9.10. The first-order valence-electron chi connectivity index (χ1n) is 5.97. The van der Waals surface area contributed by atoms with Crippen molar-refractivity contribution >= 4 is 32.7 Å². The molecule has 0 aliphatic heterocycles. The molecule has 0 bridgehead atoms. The molecule has 1 aromatic carbocycles. The van der Waals surface area contributed by atoms with Gasteiger partial charge in [-0.2, -0.15) is 0 Å². The summed E-state index contributed by atoms with van der Waals surface area (Å²) in [4.78, 5) is 15.2. The summed E-state index contributed by atoms with van der Waals surface area (Å²) in [6, 6.07) is 7.74. The van der Waals surface area contributed by atoms with Crippen molar-refractivity contribution < 1.29 is 14.3 Å². The van der Waals surface area contributed by atoms with Crippen LogP contribution in [-0.4, -0.2) is 16.1 Å². The molecule has 0 radical (unpaired) electrons. The average molecular weight is 332 g/mol. The molecule has 2 heterocycles. The predicted molar refractivity (Wildman–Crippen MR) is 77.9 cm³/mol. The molecule has 5 heteroatoms. The van der Waals surface area contributed by atoms with E-state index in [2.05, 4.69) is 20.9 Å². The average Bonchev–Trinajstić information content (AvgIpc) is 2.84. The molecule has 0 aliphatic rings. The Bertz CT molecular complexity index is 780. The Morgan fingerprint density at radius 3 is 2.90 bits per heavy atom. The summed E-state index contributed by atoms with van der Waals surface area (Å²) < 4.78 is 5.84. The topological polar surface area (TPSA) is 63.3 Å². The number of halogens is 1. The van der Waals surface area contributed by atoms with Gasteiger partial charge in [-0.25, -0.2) is 4.79 Å². The zero-order chi connectivity index (χ0) is 14.1. The van der Waals surface area contributed by atoms with E-state index in [9.17, 15) is 4.79 Å². The Morgan fingerprint density at radius 2 is 2.20 bits per heavy atom. The molecular formula is C15H10BrNO3. The molecule has 0 spiro atoms. The van der Waals surface area contributed by atoms with Crippen LogP contribution >= 0.6 is 15.9 Å². The van der Waals surface area contributed by atoms with E-state index in [1.54, 1.807) is 6.20 Å². The van der Waals surface area contributed by atoms with Crippen molar-refractivity contribution in [3.63, 3.8) is 0 Å². The van der Waals surface area contributed by atoms with Crippen LogP contribution in [0.4, 0.5) is 0 Å². The van der Waals surface area contributed by atoms with Crippen LogP contribution in [-0.2, 0) is 6.42 Å². The maximum absolute atomic E-state index is 11.1. The van der Waals surface area contributed by atoms with Crippen LogP contribution in [0.3, 0.4) is 0 Å². The summed E-state index contributed by atoms with van der Waals surface area (Å²) in [6.45, 7) is 0. The number of hydrogen-bond donors (Lipinski definition) is 1. The first-order chi connectivity index (χ1) is 9.65. The number of carboxylic acid groups (broad SMARTS) is 1. The Labute approximate surface area is 123 Å². The van der Waals surface area contributed by atoms with E-state index in [4.69, 9.17) is 9.52 Å². The normalized spacial score (nSPS) is 10.8. The number of benzene rings is 1. The molecule has 4 nitrogen and oxygen atoms in total. The fraction of sp³-hybridized carbons (Fsp3) is 0.0667. The fourth-order valence-corrected chi connectivity index (χ4v) is 2.90. The van der Waals surface area contributed by atoms with E-state index in [1.165, 1.54) is 6.26 Å². The second-order valence-electron chi connectivity index (χ2n) is 4.45. The largest absolute Gasteiger partial charge is 0.475 e. The van der Waals surface area contributed by atoms with Crippen LogP contribution in [0.5, 0.6) is 0 Å². The quantitative estimate of drug-likeness (QED) is 0.791. The van der Waals surface area contributed by atoms with Gasteiger partial charge in [0.15, 0.2) is 0 Å². The highest BCUT2D eigenvalue weighted by Gasteiger charge is 2.16. The van der Waals surface area contributed by atoms with E-state index < -0.39 is 5.97 Å². The van der Waals surface area contributed by atoms with E-state index in [0.29, 0.717) is 5.39 Å². The molecule has 100 valence electrons. The molecule has 3 rings (SSSR count). The Morgan fingerprint density at radius 1 is 1.35 bits per heavy atom. The van der Waals surface area contributed by atoms with Gasteiger partial charge in [-0.3, -0.25) is 4.98 Å². The van der Waals surface area contributed by atoms with Gasteiger partial charge < -0.3 is 9.52 Å². The maximum atomic E-state index is 11.1. The van der Waals surface area contributed by atoms with Crippen molar-refractivity contribution in [1.82, 2.24) is 4.98 Å². The van der Waals surface area contributed by atoms with Gasteiger partial charge in [0.25, 0.3) is 0 Å². The lowest BCUT2D eigenvalue weighted by molar-refractivity contribution is 0.0665. The Balaban J connectivity index is 2.05. The molecule has 1 N–H and O–H groups in total. The van der Waals surface area contributed by atoms with Crippen molar-refractivity contribution in [1.29, 1.82) is 0 Å². The van der Waals surface area contributed by atoms with Crippen molar-refractivity contribution in [3.05, 3.63) is 64.3 Å². The standard InChI is InChI=1S/C15H10BrNO3/c16-12-6-10(4-9-2-1-3-17-7-9)5-11-8-20-14(13(11)12)15(18)19/h1-3,5-8H,4H2,(H,18,19). The second-order valence-corrected chi connectivity index (χ2v) is 5.30. The van der Waals surface area contributed by atoms with Crippen LogP contribution in [0.15, 0.2) is 51.8 Å². The van der Waals surface area contributed by atoms with Crippen LogP contribution in [0.1, 0.15) is 21.7 Å². The summed E-state index contributed by atoms with van der Waals surface area (Å²) in [5.41, 5.74) is 2.16. The van der Waals surface area contributed by atoms with Gasteiger partial charge in [0.05, 0.1) is 6.26 Å². The van der Waals surface area contributed by atoms with E-state index in [-0.39, 0.29) is 5.76 Å². The van der Waals surface area contributed by atoms with E-state index >= 15 is 0 Å². The third-order valence-corrected chi connectivity index (χ3v) is 3.66. The molecule has 0 atom stereocenters. The van der Waals surface area contributed by atoms with Gasteiger partial charge in [-0.1, -0.05) is 6.07 Å². The molecule has 0 saturated heterocycles. The smallest absolute Gasteiger partial charge is 0.372 e. The first kappa shape index (κ1) is 12.9. The minimum Gasteiger partial charge on any atom is -0.475 e. The minimum atomic E-state index is -1.07. The van der Waals surface area contributed by atoms with Crippen molar-refractivity contribution in [2.75, 3.05) is 0 Å². The Kier molecular flexibility index (Phi) is 3.28. The second kappa shape index (κ2) is 5.09. The van der Waals surface area contributed by atoms with Gasteiger partial charge in [0.1, 0.15) is 0 Å². The highest BCUT2D eigenvalue weighted by atomic mass is 79.9. The first-order valence-corrected chi connectivity index (χ1v) is 6.76. The predicted octanol–water partition coefficient (Wildman–Crippen LogP) is 3.88. The van der Waals surface area contributed by atoms with Crippen LogP contribution in [0.2, 0.25) is 0 Å². The molecule has 0 unspecified atom stereocenters. The third-order valence-electron chi connectivity index (χ3n) is 3.04. The summed E-state index contributed by atoms with van der Waals surface area (Å²) in [6.07, 6.45) is 5.75. The molecule has 20 heavy (non-hydrogen) atoms. The van der Waals surface area contributed by atoms with Gasteiger partial charge in [-0.15, -0.1) is 0 Å². The monoisotopic (exact) mass is 331 g/mol. The van der Waals surface area contributed by atoms with E-state index in [1.807, 2.05) is 30.5 Å². The molecule has 0 amide bonds. The fourth-order valence-electron chi connectivity index (χ4n) is 2.20. The molecule has 0 aliphatic carbocycles. The molecule has 2 aromatic heterocycles. The van der Waals surface area contributed by atoms with Crippen molar-refractivity contribution in [2.45, 2.75) is 6.42 Å². The highest BCUT2D eigenvalue weighted by Crippen LogP contribution is 2.31. The van der Waals surface area contributed by atoms with Gasteiger partial charge in [0.2, 0.25) is 5.76 Å². The van der Waals surface area contributed by atoms with Crippen LogP contribution < -0.4 is 0 Å². The number of aromatic carboxylic acids is 1. The van der Waals surface area contributed by atoms with Crippen molar-refractivity contribution in [2.24, 2.45) is 0 Å². The number of hydrogen-bond acceptors (Lipinski definition) is 3. The number of pyridine rings is 1. The summed E-state index contributed by atoms with van der Waals surface area (Å²) in [5.74, 6) is -1.11.